The maximum absolute atomic E-state index is 12.7. The molecule has 0 saturated carbocycles. The molecule has 2 heterocycles. The van der Waals surface area contributed by atoms with Gasteiger partial charge >= 0.3 is 0 Å². The van der Waals surface area contributed by atoms with Gasteiger partial charge in [0.25, 0.3) is 0 Å². The number of aromatic nitrogens is 1. The first kappa shape index (κ1) is 18.1. The van der Waals surface area contributed by atoms with E-state index in [9.17, 15) is 9.59 Å². The van der Waals surface area contributed by atoms with Crippen molar-refractivity contribution in [3.05, 3.63) is 51.5 Å². The van der Waals surface area contributed by atoms with Crippen LogP contribution in [0.5, 0.6) is 0 Å². The van der Waals surface area contributed by atoms with Crippen molar-refractivity contribution in [3.63, 3.8) is 0 Å². The fraction of sp³-hybridized carbons (Fsp3) is 0.350. The number of nitrogens with one attached hydrogen (secondary N) is 1. The molecule has 0 bridgehead atoms. The lowest BCUT2D eigenvalue weighted by atomic mass is 10.0. The highest BCUT2D eigenvalue weighted by atomic mass is 79.9. The van der Waals surface area contributed by atoms with E-state index in [1.54, 1.807) is 0 Å². The first-order valence-corrected chi connectivity index (χ1v) is 9.86. The van der Waals surface area contributed by atoms with Crippen LogP contribution < -0.4 is 5.32 Å². The van der Waals surface area contributed by atoms with E-state index >= 15 is 0 Å². The normalized spacial score (nSPS) is 17.2. The number of halogens is 1. The highest BCUT2D eigenvalue weighted by molar-refractivity contribution is 9.10. The molecule has 1 aliphatic carbocycles. The van der Waals surface area contributed by atoms with Gasteiger partial charge in [0.05, 0.1) is 5.70 Å². The number of allylic oxidation sites excluding steroid dienone is 2. The lowest BCUT2D eigenvalue weighted by Gasteiger charge is -2.17. The molecule has 2 aliphatic rings. The number of oxazole rings is 1. The van der Waals surface area contributed by atoms with Crippen LogP contribution in [0.2, 0.25) is 0 Å². The second-order valence-electron chi connectivity index (χ2n) is 6.89. The molecule has 0 atom stereocenters. The summed E-state index contributed by atoms with van der Waals surface area (Å²) in [6.45, 7) is 5.61. The van der Waals surface area contributed by atoms with Crippen LogP contribution in [-0.2, 0) is 0 Å². The Hall–Kier alpha value is -2.25. The smallest absolute Gasteiger partial charge is 0.246 e. The number of carbonyl (C=O) groups excluding carboxylic acids is 2. The summed E-state index contributed by atoms with van der Waals surface area (Å²) in [5.41, 5.74) is 2.11. The molecule has 140 valence electrons. The van der Waals surface area contributed by atoms with E-state index in [-0.39, 0.29) is 34.6 Å². The standard InChI is InChI=1S/C20H20BrN3O3/c1-12-10-13(4-5-14(12)21)20-23-17-16(25)11-15(18(26)19(17)27-20)22-6-9-24-7-2-3-8-24/h4-5,10-11,22H,2-3,6-9H2,1H3. The topological polar surface area (TPSA) is 75.4 Å². The molecule has 2 aromatic rings. The summed E-state index contributed by atoms with van der Waals surface area (Å²) in [6, 6.07) is 5.63. The van der Waals surface area contributed by atoms with Crippen molar-refractivity contribution in [2.75, 3.05) is 26.2 Å². The zero-order valence-electron chi connectivity index (χ0n) is 15.0. The minimum atomic E-state index is -0.321. The van der Waals surface area contributed by atoms with Gasteiger partial charge in [-0.1, -0.05) is 15.9 Å². The summed E-state index contributed by atoms with van der Waals surface area (Å²) >= 11 is 3.45. The number of Topliss-reactive ketones (excluding diaryl/α,β-unsaturated/α-hetero) is 1. The number of likely N-dealkylation sites (tertiary alicyclic amines) is 1. The van der Waals surface area contributed by atoms with Gasteiger partial charge < -0.3 is 14.6 Å². The molecule has 27 heavy (non-hydrogen) atoms. The van der Waals surface area contributed by atoms with Gasteiger partial charge in [-0.25, -0.2) is 4.98 Å². The number of fused-ring (bicyclic) bond motifs is 1. The number of hydrogen-bond acceptors (Lipinski definition) is 6. The van der Waals surface area contributed by atoms with Gasteiger partial charge in [-0.15, -0.1) is 0 Å². The van der Waals surface area contributed by atoms with Crippen LogP contribution in [0, 0.1) is 6.92 Å². The lowest BCUT2D eigenvalue weighted by molar-refractivity contribution is 0.0956. The summed E-state index contributed by atoms with van der Waals surface area (Å²) in [7, 11) is 0. The Bertz CT molecular complexity index is 942. The van der Waals surface area contributed by atoms with Gasteiger partial charge in [0.1, 0.15) is 0 Å². The molecular weight excluding hydrogens is 410 g/mol. The van der Waals surface area contributed by atoms with Crippen molar-refractivity contribution in [1.29, 1.82) is 0 Å². The fourth-order valence-corrected chi connectivity index (χ4v) is 3.66. The Morgan fingerprint density at radius 2 is 2.04 bits per heavy atom. The minimum Gasteiger partial charge on any atom is -0.432 e. The number of hydrogen-bond donors (Lipinski definition) is 1. The number of carbonyl (C=O) groups is 2. The molecule has 4 rings (SSSR count). The van der Waals surface area contributed by atoms with Crippen LogP contribution in [0.25, 0.3) is 11.5 Å². The van der Waals surface area contributed by atoms with Crippen molar-refractivity contribution >= 4 is 27.5 Å². The summed E-state index contributed by atoms with van der Waals surface area (Å²) in [5.74, 6) is -0.332. The second-order valence-corrected chi connectivity index (χ2v) is 7.74. The predicted molar refractivity (Wildman–Crippen MR) is 105 cm³/mol. The van der Waals surface area contributed by atoms with Crippen LogP contribution in [0.4, 0.5) is 0 Å². The zero-order chi connectivity index (χ0) is 19.0. The fourth-order valence-electron chi connectivity index (χ4n) is 3.42. The third-order valence-electron chi connectivity index (χ3n) is 4.93. The Balaban J connectivity index is 1.52. The van der Waals surface area contributed by atoms with Crippen molar-refractivity contribution in [1.82, 2.24) is 15.2 Å². The number of nitrogens with zero attached hydrogens (tertiary/aromatic N) is 2. The molecular formula is C20H20BrN3O3. The minimum absolute atomic E-state index is 0.0155. The highest BCUT2D eigenvalue weighted by Crippen LogP contribution is 2.29. The Kier molecular flexibility index (Phi) is 4.97. The maximum Gasteiger partial charge on any atom is 0.246 e. The molecule has 1 N–H and O–H groups in total. The Morgan fingerprint density at radius 1 is 1.26 bits per heavy atom. The van der Waals surface area contributed by atoms with Crippen LogP contribution in [0.1, 0.15) is 39.4 Å². The number of benzene rings is 1. The summed E-state index contributed by atoms with van der Waals surface area (Å²) in [4.78, 5) is 31.7. The molecule has 1 saturated heterocycles. The van der Waals surface area contributed by atoms with Crippen molar-refractivity contribution in [3.8, 4) is 11.5 Å². The first-order valence-electron chi connectivity index (χ1n) is 9.07. The summed E-state index contributed by atoms with van der Waals surface area (Å²) in [6.07, 6.45) is 3.77. The Labute approximate surface area is 165 Å². The van der Waals surface area contributed by atoms with Crippen molar-refractivity contribution in [2.45, 2.75) is 19.8 Å². The molecule has 0 amide bonds. The SMILES string of the molecule is Cc1cc(-c2nc3c(o2)C(=O)C(NCCN2CCCC2)=CC3=O)ccc1Br. The van der Waals surface area contributed by atoms with E-state index in [0.29, 0.717) is 6.54 Å². The van der Waals surface area contributed by atoms with Gasteiger partial charge in [0.2, 0.25) is 23.2 Å². The summed E-state index contributed by atoms with van der Waals surface area (Å²) < 4.78 is 6.66. The molecule has 1 fully saturated rings. The molecule has 0 radical (unpaired) electrons. The molecule has 0 spiro atoms. The van der Waals surface area contributed by atoms with Gasteiger partial charge in [0, 0.05) is 29.2 Å². The number of ketones is 2. The van der Waals surface area contributed by atoms with E-state index in [1.165, 1.54) is 18.9 Å². The number of rotatable bonds is 5. The molecule has 1 aromatic carbocycles. The van der Waals surface area contributed by atoms with E-state index in [0.717, 1.165) is 35.2 Å². The third kappa shape index (κ3) is 3.61. The highest BCUT2D eigenvalue weighted by Gasteiger charge is 2.32. The monoisotopic (exact) mass is 429 g/mol. The van der Waals surface area contributed by atoms with Gasteiger partial charge in [0.15, 0.2) is 5.69 Å². The zero-order valence-corrected chi connectivity index (χ0v) is 16.6. The molecule has 6 nitrogen and oxygen atoms in total. The average Bonchev–Trinajstić information content (AvgIpc) is 3.31. The van der Waals surface area contributed by atoms with Crippen molar-refractivity contribution in [2.24, 2.45) is 0 Å². The molecule has 1 aliphatic heterocycles. The largest absolute Gasteiger partial charge is 0.432 e. The van der Waals surface area contributed by atoms with Crippen LogP contribution in [0.3, 0.4) is 0 Å². The predicted octanol–water partition coefficient (Wildman–Crippen LogP) is 3.36. The molecule has 7 heteroatoms. The maximum atomic E-state index is 12.7. The Morgan fingerprint density at radius 3 is 2.78 bits per heavy atom. The van der Waals surface area contributed by atoms with E-state index in [1.807, 2.05) is 25.1 Å². The average molecular weight is 430 g/mol. The van der Waals surface area contributed by atoms with Gasteiger partial charge in [-0.05, 0) is 56.6 Å². The number of aryl methyl sites for hydroxylation is 1. The van der Waals surface area contributed by atoms with Gasteiger partial charge in [-0.3, -0.25) is 9.59 Å². The lowest BCUT2D eigenvalue weighted by Crippen LogP contribution is -2.33. The van der Waals surface area contributed by atoms with E-state index in [4.69, 9.17) is 4.42 Å². The third-order valence-corrected chi connectivity index (χ3v) is 5.82. The summed E-state index contributed by atoms with van der Waals surface area (Å²) in [5, 5.41) is 3.09. The van der Waals surface area contributed by atoms with Crippen LogP contribution in [-0.4, -0.2) is 47.6 Å². The van der Waals surface area contributed by atoms with Gasteiger partial charge in [-0.2, -0.15) is 0 Å². The quantitative estimate of drug-likeness (QED) is 0.784. The second kappa shape index (κ2) is 7.40. The molecule has 0 unspecified atom stereocenters. The van der Waals surface area contributed by atoms with E-state index < -0.39 is 0 Å². The first-order chi connectivity index (χ1) is 13.0. The molecule has 1 aromatic heterocycles. The van der Waals surface area contributed by atoms with Crippen LogP contribution >= 0.6 is 15.9 Å². The van der Waals surface area contributed by atoms with E-state index in [2.05, 4.69) is 31.1 Å². The van der Waals surface area contributed by atoms with Crippen LogP contribution in [0.15, 0.2) is 38.9 Å². The van der Waals surface area contributed by atoms with Crippen molar-refractivity contribution < 1.29 is 14.0 Å².